The van der Waals surface area contributed by atoms with Crippen molar-refractivity contribution in [1.82, 2.24) is 9.97 Å². The van der Waals surface area contributed by atoms with Crippen LogP contribution in [0.25, 0.3) is 10.8 Å². The Kier molecular flexibility index (Phi) is 3.51. The number of aromatic nitrogens is 2. The van der Waals surface area contributed by atoms with Gasteiger partial charge in [-0.05, 0) is 53.1 Å². The van der Waals surface area contributed by atoms with Gasteiger partial charge >= 0.3 is 0 Å². The summed E-state index contributed by atoms with van der Waals surface area (Å²) in [6.45, 7) is 0. The minimum Gasteiger partial charge on any atom is -0.223 e. The van der Waals surface area contributed by atoms with Gasteiger partial charge in [0.05, 0.1) is 5.69 Å². The molecular formula is C18H14Cl2N2. The summed E-state index contributed by atoms with van der Waals surface area (Å²) < 4.78 is 0. The van der Waals surface area contributed by atoms with Crippen LogP contribution in [0.4, 0.5) is 0 Å². The predicted molar refractivity (Wildman–Crippen MR) is 90.8 cm³/mol. The molecule has 3 aromatic rings. The Labute approximate surface area is 139 Å². The molecule has 1 aliphatic rings. The molecule has 0 unspecified atom stereocenters. The van der Waals surface area contributed by atoms with Crippen molar-refractivity contribution in [3.8, 4) is 0 Å². The number of hydrogen-bond donors (Lipinski definition) is 0. The van der Waals surface area contributed by atoms with Gasteiger partial charge in [-0.25, -0.2) is 9.97 Å². The molecule has 22 heavy (non-hydrogen) atoms. The summed E-state index contributed by atoms with van der Waals surface area (Å²) in [5.41, 5.74) is 3.44. The third kappa shape index (κ3) is 2.37. The third-order valence-electron chi connectivity index (χ3n) is 4.46. The first-order valence-electron chi connectivity index (χ1n) is 7.41. The van der Waals surface area contributed by atoms with Crippen molar-refractivity contribution in [3.63, 3.8) is 0 Å². The lowest BCUT2D eigenvalue weighted by atomic mass is 9.81. The number of hydrogen-bond acceptors (Lipinski definition) is 2. The van der Waals surface area contributed by atoms with E-state index in [0.717, 1.165) is 30.5 Å². The second-order valence-corrected chi connectivity index (χ2v) is 6.41. The lowest BCUT2D eigenvalue weighted by Gasteiger charge is -2.25. The van der Waals surface area contributed by atoms with Crippen molar-refractivity contribution < 1.29 is 0 Å². The van der Waals surface area contributed by atoms with Crippen molar-refractivity contribution in [2.75, 3.05) is 0 Å². The average molecular weight is 329 g/mol. The molecule has 2 aromatic carbocycles. The Bertz CT molecular complexity index is 856. The second kappa shape index (κ2) is 5.53. The largest absolute Gasteiger partial charge is 0.224 e. The molecule has 0 saturated heterocycles. The van der Waals surface area contributed by atoms with E-state index in [1.807, 2.05) is 0 Å². The molecule has 1 aliphatic carbocycles. The van der Waals surface area contributed by atoms with Gasteiger partial charge in [-0.15, -0.1) is 0 Å². The topological polar surface area (TPSA) is 25.8 Å². The summed E-state index contributed by atoms with van der Waals surface area (Å²) in [5.74, 6) is 0.445. The Morgan fingerprint density at radius 3 is 2.68 bits per heavy atom. The molecule has 0 saturated carbocycles. The van der Waals surface area contributed by atoms with E-state index in [9.17, 15) is 0 Å². The summed E-state index contributed by atoms with van der Waals surface area (Å²) in [6, 6.07) is 15.0. The smallest absolute Gasteiger partial charge is 0.223 e. The van der Waals surface area contributed by atoms with Gasteiger partial charge in [0.25, 0.3) is 0 Å². The van der Waals surface area contributed by atoms with E-state index in [4.69, 9.17) is 23.2 Å². The molecule has 0 aliphatic heterocycles. The van der Waals surface area contributed by atoms with Crippen molar-refractivity contribution in [2.45, 2.75) is 25.2 Å². The highest BCUT2D eigenvalue weighted by Crippen LogP contribution is 2.37. The molecule has 1 heterocycles. The summed E-state index contributed by atoms with van der Waals surface area (Å²) in [6.07, 6.45) is 2.83. The van der Waals surface area contributed by atoms with Crippen LogP contribution < -0.4 is 0 Å². The van der Waals surface area contributed by atoms with Crippen LogP contribution in [-0.4, -0.2) is 9.97 Å². The number of nitrogens with zero attached hydrogens (tertiary/aromatic N) is 2. The van der Waals surface area contributed by atoms with E-state index in [1.165, 1.54) is 16.3 Å². The molecule has 0 N–H and O–H groups in total. The molecular weight excluding hydrogens is 315 g/mol. The first-order chi connectivity index (χ1) is 10.7. The van der Waals surface area contributed by atoms with Gasteiger partial charge in [0.2, 0.25) is 5.28 Å². The van der Waals surface area contributed by atoms with E-state index in [1.54, 1.807) is 0 Å². The van der Waals surface area contributed by atoms with E-state index in [2.05, 4.69) is 52.4 Å². The highest BCUT2D eigenvalue weighted by atomic mass is 35.5. The lowest BCUT2D eigenvalue weighted by molar-refractivity contribution is 0.573. The standard InChI is InChI=1S/C18H14Cl2N2/c19-17-15-9-8-12(10-16(15)21-18(20)22-17)14-7-3-5-11-4-1-2-6-13(11)14/h1-7,12H,8-10H2/t12-/m0/s1. The van der Waals surface area contributed by atoms with Crippen LogP contribution in [0.15, 0.2) is 42.5 Å². The number of rotatable bonds is 1. The predicted octanol–water partition coefficient (Wildman–Crippen LogP) is 5.21. The van der Waals surface area contributed by atoms with Crippen LogP contribution >= 0.6 is 23.2 Å². The van der Waals surface area contributed by atoms with Gasteiger partial charge in [0, 0.05) is 5.56 Å². The maximum Gasteiger partial charge on any atom is 0.224 e. The molecule has 0 bridgehead atoms. The zero-order valence-electron chi connectivity index (χ0n) is 11.9. The Hall–Kier alpha value is -1.64. The maximum absolute atomic E-state index is 6.20. The summed E-state index contributed by atoms with van der Waals surface area (Å²) >= 11 is 12.2. The van der Waals surface area contributed by atoms with Gasteiger partial charge in [-0.3, -0.25) is 0 Å². The van der Waals surface area contributed by atoms with E-state index in [0.29, 0.717) is 11.1 Å². The summed E-state index contributed by atoms with van der Waals surface area (Å²) in [7, 11) is 0. The van der Waals surface area contributed by atoms with E-state index >= 15 is 0 Å². The van der Waals surface area contributed by atoms with Gasteiger partial charge in [0.15, 0.2) is 0 Å². The van der Waals surface area contributed by atoms with Crippen LogP contribution in [0.5, 0.6) is 0 Å². The quantitative estimate of drug-likeness (QED) is 0.452. The van der Waals surface area contributed by atoms with Gasteiger partial charge in [-0.1, -0.05) is 54.1 Å². The minimum absolute atomic E-state index is 0.238. The van der Waals surface area contributed by atoms with Gasteiger partial charge in [0.1, 0.15) is 5.15 Å². The monoisotopic (exact) mass is 328 g/mol. The highest BCUT2D eigenvalue weighted by molar-refractivity contribution is 6.32. The molecule has 1 atom stereocenters. The Morgan fingerprint density at radius 1 is 0.955 bits per heavy atom. The molecule has 110 valence electrons. The Morgan fingerprint density at radius 2 is 1.77 bits per heavy atom. The second-order valence-electron chi connectivity index (χ2n) is 5.72. The lowest BCUT2D eigenvalue weighted by Crippen LogP contribution is -2.16. The van der Waals surface area contributed by atoms with Crippen LogP contribution in [0.2, 0.25) is 10.4 Å². The van der Waals surface area contributed by atoms with Crippen LogP contribution in [0.3, 0.4) is 0 Å². The number of halogens is 2. The van der Waals surface area contributed by atoms with Crippen LogP contribution in [-0.2, 0) is 12.8 Å². The fourth-order valence-corrected chi connectivity index (χ4v) is 3.93. The fourth-order valence-electron chi connectivity index (χ4n) is 3.41. The zero-order chi connectivity index (χ0) is 15.1. The normalized spacial score (nSPS) is 17.5. The van der Waals surface area contributed by atoms with Gasteiger partial charge < -0.3 is 0 Å². The SMILES string of the molecule is Clc1nc(Cl)c2c(n1)C[C@@H](c1cccc3ccccc13)CC2. The first kappa shape index (κ1) is 14.0. The molecule has 1 aromatic heterocycles. The van der Waals surface area contributed by atoms with Crippen molar-refractivity contribution in [1.29, 1.82) is 0 Å². The first-order valence-corrected chi connectivity index (χ1v) is 8.16. The van der Waals surface area contributed by atoms with Gasteiger partial charge in [-0.2, -0.15) is 0 Å². The average Bonchev–Trinajstić information content (AvgIpc) is 2.53. The molecule has 4 rings (SSSR count). The molecule has 0 fully saturated rings. The highest BCUT2D eigenvalue weighted by Gasteiger charge is 2.25. The van der Waals surface area contributed by atoms with Crippen molar-refractivity contribution >= 4 is 34.0 Å². The molecule has 0 radical (unpaired) electrons. The van der Waals surface area contributed by atoms with Crippen molar-refractivity contribution in [2.24, 2.45) is 0 Å². The molecule has 0 spiro atoms. The Balaban J connectivity index is 1.78. The third-order valence-corrected chi connectivity index (χ3v) is 4.94. The zero-order valence-corrected chi connectivity index (χ0v) is 13.4. The fraction of sp³-hybridized carbons (Fsp3) is 0.222. The number of benzene rings is 2. The minimum atomic E-state index is 0.238. The van der Waals surface area contributed by atoms with Crippen LogP contribution in [0, 0.1) is 0 Å². The molecule has 2 nitrogen and oxygen atoms in total. The summed E-state index contributed by atoms with van der Waals surface area (Å²) in [4.78, 5) is 8.45. The molecule has 4 heteroatoms. The molecule has 0 amide bonds. The van der Waals surface area contributed by atoms with E-state index in [-0.39, 0.29) is 5.28 Å². The number of fused-ring (bicyclic) bond motifs is 2. The maximum atomic E-state index is 6.20. The van der Waals surface area contributed by atoms with Crippen LogP contribution in [0.1, 0.15) is 29.2 Å². The van der Waals surface area contributed by atoms with Crippen molar-refractivity contribution in [3.05, 3.63) is 69.7 Å². The van der Waals surface area contributed by atoms with E-state index < -0.39 is 0 Å². The summed E-state index contributed by atoms with van der Waals surface area (Å²) in [5, 5.41) is 3.35.